The molecule has 0 aliphatic rings. The standard InChI is InChI=1S/C17H23N/c1-11(2)13-7-8-15-14(10-13)12(3)9-16(18-15)17(4,5)6/h7-11H,1-6H3. The molecule has 0 aliphatic carbocycles. The molecular weight excluding hydrogens is 218 g/mol. The average Bonchev–Trinajstić information content (AvgIpc) is 2.27. The first kappa shape index (κ1) is 13.1. The molecule has 0 fully saturated rings. The topological polar surface area (TPSA) is 12.9 Å². The second kappa shape index (κ2) is 4.38. The Labute approximate surface area is 110 Å². The molecule has 0 radical (unpaired) electrons. The Morgan fingerprint density at radius 1 is 1.06 bits per heavy atom. The molecule has 1 nitrogen and oxygen atoms in total. The van der Waals surface area contributed by atoms with Crippen molar-refractivity contribution in [2.45, 2.75) is 52.9 Å². The summed E-state index contributed by atoms with van der Waals surface area (Å²) in [5, 5.41) is 1.29. The predicted molar refractivity (Wildman–Crippen MR) is 79.3 cm³/mol. The van der Waals surface area contributed by atoms with Crippen molar-refractivity contribution < 1.29 is 0 Å². The van der Waals surface area contributed by atoms with Crippen LogP contribution in [-0.2, 0) is 5.41 Å². The summed E-state index contributed by atoms with van der Waals surface area (Å²) in [4.78, 5) is 4.81. The van der Waals surface area contributed by atoms with Crippen LogP contribution in [0.3, 0.4) is 0 Å². The number of aromatic nitrogens is 1. The fourth-order valence-electron chi connectivity index (χ4n) is 2.16. The van der Waals surface area contributed by atoms with Gasteiger partial charge in [-0.25, -0.2) is 0 Å². The maximum absolute atomic E-state index is 4.81. The Bertz CT molecular complexity index is 574. The molecule has 1 heteroatoms. The van der Waals surface area contributed by atoms with Crippen LogP contribution >= 0.6 is 0 Å². The molecule has 0 unspecified atom stereocenters. The molecular formula is C17H23N. The van der Waals surface area contributed by atoms with Crippen molar-refractivity contribution in [2.75, 3.05) is 0 Å². The number of hydrogen-bond acceptors (Lipinski definition) is 1. The number of benzene rings is 1. The maximum atomic E-state index is 4.81. The van der Waals surface area contributed by atoms with E-state index in [4.69, 9.17) is 4.98 Å². The van der Waals surface area contributed by atoms with Gasteiger partial charge in [-0.15, -0.1) is 0 Å². The minimum absolute atomic E-state index is 0.107. The highest BCUT2D eigenvalue weighted by Crippen LogP contribution is 2.27. The summed E-state index contributed by atoms with van der Waals surface area (Å²) in [6.45, 7) is 13.3. The van der Waals surface area contributed by atoms with Gasteiger partial charge in [-0.3, -0.25) is 4.98 Å². The van der Waals surface area contributed by atoms with Gasteiger partial charge in [-0.1, -0.05) is 40.7 Å². The quantitative estimate of drug-likeness (QED) is 0.687. The summed E-state index contributed by atoms with van der Waals surface area (Å²) in [7, 11) is 0. The molecule has 0 atom stereocenters. The third-order valence-electron chi connectivity index (χ3n) is 3.47. The molecule has 2 aromatic rings. The molecule has 0 N–H and O–H groups in total. The van der Waals surface area contributed by atoms with Crippen LogP contribution in [-0.4, -0.2) is 4.98 Å². The Kier molecular flexibility index (Phi) is 3.18. The molecule has 2 rings (SSSR count). The van der Waals surface area contributed by atoms with Crippen LogP contribution in [0.15, 0.2) is 24.3 Å². The summed E-state index contributed by atoms with van der Waals surface area (Å²) >= 11 is 0. The van der Waals surface area contributed by atoms with E-state index in [-0.39, 0.29) is 5.41 Å². The maximum Gasteiger partial charge on any atom is 0.0708 e. The lowest BCUT2D eigenvalue weighted by atomic mass is 9.89. The first-order valence-electron chi connectivity index (χ1n) is 6.71. The Balaban J connectivity index is 2.66. The van der Waals surface area contributed by atoms with Gasteiger partial charge >= 0.3 is 0 Å². The average molecular weight is 241 g/mol. The normalized spacial score (nSPS) is 12.4. The third-order valence-corrected chi connectivity index (χ3v) is 3.47. The van der Waals surface area contributed by atoms with Crippen LogP contribution < -0.4 is 0 Å². The molecule has 0 aliphatic heterocycles. The van der Waals surface area contributed by atoms with Crippen LogP contribution in [0.25, 0.3) is 10.9 Å². The highest BCUT2D eigenvalue weighted by Gasteiger charge is 2.17. The summed E-state index contributed by atoms with van der Waals surface area (Å²) in [6, 6.07) is 8.88. The van der Waals surface area contributed by atoms with E-state index in [1.807, 2.05) is 0 Å². The molecule has 18 heavy (non-hydrogen) atoms. The SMILES string of the molecule is Cc1cc(C(C)(C)C)nc2ccc(C(C)C)cc12. The summed E-state index contributed by atoms with van der Waals surface area (Å²) in [5.74, 6) is 0.566. The van der Waals surface area contributed by atoms with E-state index < -0.39 is 0 Å². The fraction of sp³-hybridized carbons (Fsp3) is 0.471. The second-order valence-electron chi connectivity index (χ2n) is 6.51. The van der Waals surface area contributed by atoms with Gasteiger partial charge in [0.25, 0.3) is 0 Å². The summed E-state index contributed by atoms with van der Waals surface area (Å²) in [5.41, 5.74) is 5.10. The Hall–Kier alpha value is -1.37. The van der Waals surface area contributed by atoms with E-state index >= 15 is 0 Å². The predicted octanol–water partition coefficient (Wildman–Crippen LogP) is 4.96. The number of aryl methyl sites for hydroxylation is 1. The van der Waals surface area contributed by atoms with Gasteiger partial charge < -0.3 is 0 Å². The van der Waals surface area contributed by atoms with Gasteiger partial charge in [-0.05, 0) is 42.2 Å². The van der Waals surface area contributed by atoms with Crippen molar-refractivity contribution in [3.63, 3.8) is 0 Å². The van der Waals surface area contributed by atoms with Crippen molar-refractivity contribution in [1.29, 1.82) is 0 Å². The first-order chi connectivity index (χ1) is 8.29. The number of pyridine rings is 1. The van der Waals surface area contributed by atoms with E-state index in [1.165, 1.54) is 22.2 Å². The van der Waals surface area contributed by atoms with Gasteiger partial charge in [0.15, 0.2) is 0 Å². The largest absolute Gasteiger partial charge is 0.252 e. The summed E-state index contributed by atoms with van der Waals surface area (Å²) < 4.78 is 0. The molecule has 1 heterocycles. The van der Waals surface area contributed by atoms with Crippen molar-refractivity contribution in [3.8, 4) is 0 Å². The molecule has 0 saturated heterocycles. The fourth-order valence-corrected chi connectivity index (χ4v) is 2.16. The van der Waals surface area contributed by atoms with Crippen LogP contribution in [0.2, 0.25) is 0 Å². The number of rotatable bonds is 1. The molecule has 96 valence electrons. The van der Waals surface area contributed by atoms with E-state index in [2.05, 4.69) is 65.8 Å². The minimum Gasteiger partial charge on any atom is -0.252 e. The van der Waals surface area contributed by atoms with Crippen LogP contribution in [0.4, 0.5) is 0 Å². The van der Waals surface area contributed by atoms with Crippen molar-refractivity contribution in [3.05, 3.63) is 41.1 Å². The monoisotopic (exact) mass is 241 g/mol. The van der Waals surface area contributed by atoms with Crippen molar-refractivity contribution in [1.82, 2.24) is 4.98 Å². The van der Waals surface area contributed by atoms with Gasteiger partial charge in [0.1, 0.15) is 0 Å². The lowest BCUT2D eigenvalue weighted by Crippen LogP contribution is -2.13. The minimum atomic E-state index is 0.107. The van der Waals surface area contributed by atoms with Crippen LogP contribution in [0.1, 0.15) is 57.4 Å². The second-order valence-corrected chi connectivity index (χ2v) is 6.51. The molecule has 0 spiro atoms. The van der Waals surface area contributed by atoms with Gasteiger partial charge in [-0.2, -0.15) is 0 Å². The highest BCUT2D eigenvalue weighted by molar-refractivity contribution is 5.83. The van der Waals surface area contributed by atoms with E-state index in [0.717, 1.165) is 5.52 Å². The van der Waals surface area contributed by atoms with Gasteiger partial charge in [0, 0.05) is 16.5 Å². The number of nitrogens with zero attached hydrogens (tertiary/aromatic N) is 1. The van der Waals surface area contributed by atoms with Crippen LogP contribution in [0.5, 0.6) is 0 Å². The lowest BCUT2D eigenvalue weighted by Gasteiger charge is -2.19. The van der Waals surface area contributed by atoms with E-state index in [1.54, 1.807) is 0 Å². The molecule has 1 aromatic heterocycles. The number of fused-ring (bicyclic) bond motifs is 1. The van der Waals surface area contributed by atoms with Gasteiger partial charge in [0.2, 0.25) is 0 Å². The van der Waals surface area contributed by atoms with Crippen molar-refractivity contribution >= 4 is 10.9 Å². The summed E-state index contributed by atoms with van der Waals surface area (Å²) in [6.07, 6.45) is 0. The molecule has 0 bridgehead atoms. The Morgan fingerprint density at radius 3 is 2.28 bits per heavy atom. The van der Waals surface area contributed by atoms with Gasteiger partial charge in [0.05, 0.1) is 5.52 Å². The van der Waals surface area contributed by atoms with Crippen molar-refractivity contribution in [2.24, 2.45) is 0 Å². The number of hydrogen-bond donors (Lipinski definition) is 0. The molecule has 0 amide bonds. The highest BCUT2D eigenvalue weighted by atomic mass is 14.7. The van der Waals surface area contributed by atoms with Crippen LogP contribution in [0, 0.1) is 6.92 Å². The molecule has 1 aromatic carbocycles. The van der Waals surface area contributed by atoms with E-state index in [9.17, 15) is 0 Å². The zero-order valence-electron chi connectivity index (χ0n) is 12.3. The first-order valence-corrected chi connectivity index (χ1v) is 6.71. The zero-order valence-corrected chi connectivity index (χ0v) is 12.3. The third kappa shape index (κ3) is 2.40. The zero-order chi connectivity index (χ0) is 13.5. The lowest BCUT2D eigenvalue weighted by molar-refractivity contribution is 0.571. The Morgan fingerprint density at radius 2 is 1.72 bits per heavy atom. The van der Waals surface area contributed by atoms with E-state index in [0.29, 0.717) is 5.92 Å². The molecule has 0 saturated carbocycles. The smallest absolute Gasteiger partial charge is 0.0708 e.